The molecule has 136 valence electrons. The van der Waals surface area contributed by atoms with Gasteiger partial charge in [-0.2, -0.15) is 0 Å². The number of hydrogen-bond donors (Lipinski definition) is 0. The van der Waals surface area contributed by atoms with Gasteiger partial charge in [-0.3, -0.25) is 4.90 Å². The van der Waals surface area contributed by atoms with Crippen molar-refractivity contribution >= 4 is 0 Å². The molecule has 1 aliphatic heterocycles. The molecule has 1 aliphatic rings. The molecule has 0 aromatic heterocycles. The fourth-order valence-electron chi connectivity index (χ4n) is 3.56. The number of rotatable bonds is 13. The van der Waals surface area contributed by atoms with E-state index in [4.69, 9.17) is 4.74 Å². The van der Waals surface area contributed by atoms with Crippen LogP contribution in [-0.4, -0.2) is 31.2 Å². The van der Waals surface area contributed by atoms with Crippen LogP contribution in [0, 0.1) is 0 Å². The van der Waals surface area contributed by atoms with Crippen LogP contribution >= 0.6 is 0 Å². The van der Waals surface area contributed by atoms with Gasteiger partial charge in [0.25, 0.3) is 0 Å². The molecule has 0 fully saturated rings. The molecule has 0 saturated carbocycles. The fraction of sp³-hybridized carbons (Fsp3) is 0.727. The number of hydrogen-bond acceptors (Lipinski definition) is 2. The first kappa shape index (κ1) is 19.5. The van der Waals surface area contributed by atoms with Gasteiger partial charge in [-0.1, -0.05) is 82.6 Å². The normalized spacial score (nSPS) is 14.7. The molecule has 2 rings (SSSR count). The minimum absolute atomic E-state index is 0.888. The summed E-state index contributed by atoms with van der Waals surface area (Å²) >= 11 is 0. The van der Waals surface area contributed by atoms with Gasteiger partial charge in [-0.05, 0) is 24.0 Å². The van der Waals surface area contributed by atoms with Gasteiger partial charge in [0.1, 0.15) is 0 Å². The standard InChI is InChI=1S/C22H37NO/c1-2-3-4-5-6-7-8-9-12-18-24-19-17-23-16-15-21-13-10-11-14-22(21)20-23/h10-11,13-14H,2-9,12,15-20H2,1H3. The number of unbranched alkanes of at least 4 members (excludes halogenated alkanes) is 8. The highest BCUT2D eigenvalue weighted by Gasteiger charge is 2.14. The Kier molecular flexibility index (Phi) is 10.1. The Bertz CT molecular complexity index is 432. The van der Waals surface area contributed by atoms with E-state index < -0.39 is 0 Å². The quantitative estimate of drug-likeness (QED) is 0.437. The van der Waals surface area contributed by atoms with Crippen LogP contribution < -0.4 is 0 Å². The van der Waals surface area contributed by atoms with Crippen molar-refractivity contribution in [1.29, 1.82) is 0 Å². The highest BCUT2D eigenvalue weighted by molar-refractivity contribution is 5.28. The van der Waals surface area contributed by atoms with Gasteiger partial charge in [0.05, 0.1) is 6.61 Å². The zero-order chi connectivity index (χ0) is 16.9. The van der Waals surface area contributed by atoms with Crippen LogP contribution in [0.2, 0.25) is 0 Å². The first-order valence-corrected chi connectivity index (χ1v) is 10.3. The third-order valence-corrected chi connectivity index (χ3v) is 5.15. The predicted octanol–water partition coefficient (Wildman–Crippen LogP) is 5.59. The lowest BCUT2D eigenvalue weighted by Crippen LogP contribution is -2.33. The summed E-state index contributed by atoms with van der Waals surface area (Å²) in [5.74, 6) is 0. The molecule has 0 N–H and O–H groups in total. The van der Waals surface area contributed by atoms with Crippen molar-refractivity contribution in [2.45, 2.75) is 77.7 Å². The van der Waals surface area contributed by atoms with Crippen LogP contribution in [0.3, 0.4) is 0 Å². The minimum atomic E-state index is 0.888. The second-order valence-corrected chi connectivity index (χ2v) is 7.24. The Labute approximate surface area is 149 Å². The van der Waals surface area contributed by atoms with Crippen LogP contribution in [0.1, 0.15) is 75.8 Å². The Morgan fingerprint density at radius 2 is 1.50 bits per heavy atom. The van der Waals surface area contributed by atoms with Crippen LogP contribution in [0.5, 0.6) is 0 Å². The summed E-state index contributed by atoms with van der Waals surface area (Å²) in [4.78, 5) is 2.53. The van der Waals surface area contributed by atoms with Crippen LogP contribution in [0.25, 0.3) is 0 Å². The molecular formula is C22H37NO. The van der Waals surface area contributed by atoms with E-state index in [-0.39, 0.29) is 0 Å². The van der Waals surface area contributed by atoms with Crippen molar-refractivity contribution in [3.8, 4) is 0 Å². The molecule has 2 nitrogen and oxygen atoms in total. The van der Waals surface area contributed by atoms with Crippen LogP contribution in [-0.2, 0) is 17.7 Å². The largest absolute Gasteiger partial charge is 0.380 e. The van der Waals surface area contributed by atoms with E-state index in [0.717, 1.165) is 26.3 Å². The molecule has 0 aliphatic carbocycles. The monoisotopic (exact) mass is 331 g/mol. The van der Waals surface area contributed by atoms with E-state index in [2.05, 4.69) is 36.1 Å². The van der Waals surface area contributed by atoms with E-state index in [1.165, 1.54) is 81.9 Å². The smallest absolute Gasteiger partial charge is 0.0593 e. The van der Waals surface area contributed by atoms with E-state index in [1.807, 2.05) is 0 Å². The molecular weight excluding hydrogens is 294 g/mol. The van der Waals surface area contributed by atoms with Crippen molar-refractivity contribution in [3.63, 3.8) is 0 Å². The number of ether oxygens (including phenoxy) is 1. The lowest BCUT2D eigenvalue weighted by atomic mass is 10.0. The van der Waals surface area contributed by atoms with Crippen molar-refractivity contribution in [3.05, 3.63) is 35.4 Å². The van der Waals surface area contributed by atoms with E-state index >= 15 is 0 Å². The summed E-state index contributed by atoms with van der Waals surface area (Å²) in [6.07, 6.45) is 13.6. The van der Waals surface area contributed by atoms with Gasteiger partial charge in [0, 0.05) is 26.2 Å². The summed E-state index contributed by atoms with van der Waals surface area (Å²) in [5.41, 5.74) is 3.03. The fourth-order valence-corrected chi connectivity index (χ4v) is 3.56. The summed E-state index contributed by atoms with van der Waals surface area (Å²) in [7, 11) is 0. The highest BCUT2D eigenvalue weighted by atomic mass is 16.5. The Morgan fingerprint density at radius 3 is 2.25 bits per heavy atom. The van der Waals surface area contributed by atoms with Gasteiger partial charge in [0.2, 0.25) is 0 Å². The van der Waals surface area contributed by atoms with Crippen LogP contribution in [0.4, 0.5) is 0 Å². The van der Waals surface area contributed by atoms with E-state index in [0.29, 0.717) is 0 Å². The molecule has 1 heterocycles. The Balaban J connectivity index is 1.39. The molecule has 0 amide bonds. The molecule has 0 radical (unpaired) electrons. The van der Waals surface area contributed by atoms with Gasteiger partial charge < -0.3 is 4.74 Å². The molecule has 0 saturated heterocycles. The second kappa shape index (κ2) is 12.5. The topological polar surface area (TPSA) is 12.5 Å². The third kappa shape index (κ3) is 7.81. The molecule has 24 heavy (non-hydrogen) atoms. The molecule has 0 spiro atoms. The molecule has 2 heteroatoms. The van der Waals surface area contributed by atoms with E-state index in [1.54, 1.807) is 0 Å². The zero-order valence-electron chi connectivity index (χ0n) is 15.8. The molecule has 0 atom stereocenters. The second-order valence-electron chi connectivity index (χ2n) is 7.24. The molecule has 0 unspecified atom stereocenters. The average Bonchev–Trinajstić information content (AvgIpc) is 2.62. The number of fused-ring (bicyclic) bond motifs is 1. The lowest BCUT2D eigenvalue weighted by molar-refractivity contribution is 0.0963. The highest BCUT2D eigenvalue weighted by Crippen LogP contribution is 2.18. The van der Waals surface area contributed by atoms with E-state index in [9.17, 15) is 0 Å². The maximum absolute atomic E-state index is 5.84. The lowest BCUT2D eigenvalue weighted by Gasteiger charge is -2.28. The number of nitrogens with zero attached hydrogens (tertiary/aromatic N) is 1. The average molecular weight is 332 g/mol. The van der Waals surface area contributed by atoms with Gasteiger partial charge in [0.15, 0.2) is 0 Å². The first-order chi connectivity index (χ1) is 11.9. The third-order valence-electron chi connectivity index (χ3n) is 5.15. The maximum atomic E-state index is 5.84. The SMILES string of the molecule is CCCCCCCCCCCOCCN1CCc2ccccc2C1. The summed E-state index contributed by atoms with van der Waals surface area (Å²) in [6.45, 7) is 7.46. The van der Waals surface area contributed by atoms with Crippen molar-refractivity contribution in [1.82, 2.24) is 4.90 Å². The summed E-state index contributed by atoms with van der Waals surface area (Å²) in [6, 6.07) is 8.85. The first-order valence-electron chi connectivity index (χ1n) is 10.3. The predicted molar refractivity (Wildman–Crippen MR) is 103 cm³/mol. The Hall–Kier alpha value is -0.860. The zero-order valence-corrected chi connectivity index (χ0v) is 15.8. The summed E-state index contributed by atoms with van der Waals surface area (Å²) in [5, 5.41) is 0. The van der Waals surface area contributed by atoms with Crippen LogP contribution in [0.15, 0.2) is 24.3 Å². The van der Waals surface area contributed by atoms with Gasteiger partial charge in [-0.25, -0.2) is 0 Å². The molecule has 1 aromatic carbocycles. The Morgan fingerprint density at radius 1 is 0.833 bits per heavy atom. The minimum Gasteiger partial charge on any atom is -0.380 e. The van der Waals surface area contributed by atoms with Crippen molar-refractivity contribution < 1.29 is 4.74 Å². The number of benzene rings is 1. The van der Waals surface area contributed by atoms with Crippen molar-refractivity contribution in [2.75, 3.05) is 26.3 Å². The van der Waals surface area contributed by atoms with Gasteiger partial charge >= 0.3 is 0 Å². The van der Waals surface area contributed by atoms with Gasteiger partial charge in [-0.15, -0.1) is 0 Å². The maximum Gasteiger partial charge on any atom is 0.0593 e. The summed E-state index contributed by atoms with van der Waals surface area (Å²) < 4.78 is 5.84. The molecule has 0 bridgehead atoms. The molecule has 1 aromatic rings. The van der Waals surface area contributed by atoms with Crippen molar-refractivity contribution in [2.24, 2.45) is 0 Å².